The number of ether oxygens (including phenoxy) is 3. The molecule has 7 heteroatoms. The van der Waals surface area contributed by atoms with Crippen molar-refractivity contribution >= 4 is 0 Å². The number of hydrogen-bond acceptors (Lipinski definition) is 7. The molecule has 2 rings (SSSR count). The zero-order valence-corrected chi connectivity index (χ0v) is 15.1. The minimum Gasteiger partial charge on any atom is -0.394 e. The van der Waals surface area contributed by atoms with E-state index in [-0.39, 0.29) is 0 Å². The Kier molecular flexibility index (Phi) is 8.94. The molecule has 0 bridgehead atoms. The lowest BCUT2D eigenvalue weighted by Gasteiger charge is -2.40. The van der Waals surface area contributed by atoms with E-state index >= 15 is 0 Å². The van der Waals surface area contributed by atoms with Crippen molar-refractivity contribution in [1.82, 2.24) is 0 Å². The van der Waals surface area contributed by atoms with Crippen LogP contribution in [0.15, 0.2) is 30.3 Å². The van der Waals surface area contributed by atoms with E-state index in [0.29, 0.717) is 13.0 Å². The van der Waals surface area contributed by atoms with Crippen molar-refractivity contribution in [3.05, 3.63) is 35.9 Å². The molecule has 1 saturated heterocycles. The fourth-order valence-electron chi connectivity index (χ4n) is 2.89. The fourth-order valence-corrected chi connectivity index (χ4v) is 2.89. The molecule has 1 unspecified atom stereocenters. The van der Waals surface area contributed by atoms with E-state index in [4.69, 9.17) is 14.2 Å². The molecule has 148 valence electrons. The maximum absolute atomic E-state index is 10.1. The monoisotopic (exact) mass is 370 g/mol. The average molecular weight is 370 g/mol. The average Bonchev–Trinajstić information content (AvgIpc) is 2.67. The van der Waals surface area contributed by atoms with Gasteiger partial charge in [0.15, 0.2) is 12.6 Å². The topological polar surface area (TPSA) is 109 Å². The molecule has 1 fully saturated rings. The highest BCUT2D eigenvalue weighted by Gasteiger charge is 2.44. The lowest BCUT2D eigenvalue weighted by Crippen LogP contribution is -2.59. The smallest absolute Gasteiger partial charge is 0.189 e. The first-order valence-electron chi connectivity index (χ1n) is 9.18. The number of aliphatic hydroxyl groups excluding tert-OH is 4. The second-order valence-electron chi connectivity index (χ2n) is 6.51. The van der Waals surface area contributed by atoms with E-state index in [9.17, 15) is 20.4 Å². The van der Waals surface area contributed by atoms with E-state index in [2.05, 4.69) is 12.1 Å². The summed E-state index contributed by atoms with van der Waals surface area (Å²) >= 11 is 0. The molecule has 6 atom stereocenters. The summed E-state index contributed by atoms with van der Waals surface area (Å²) in [6.45, 7) is 1.99. The third-order valence-corrected chi connectivity index (χ3v) is 4.39. The van der Waals surface area contributed by atoms with Crippen molar-refractivity contribution < 1.29 is 34.6 Å². The molecule has 7 nitrogen and oxygen atoms in total. The van der Waals surface area contributed by atoms with Gasteiger partial charge in [-0.1, -0.05) is 37.3 Å². The molecule has 4 N–H and O–H groups in total. The predicted molar refractivity (Wildman–Crippen MR) is 94.3 cm³/mol. The zero-order chi connectivity index (χ0) is 18.9. The quantitative estimate of drug-likeness (QED) is 0.446. The van der Waals surface area contributed by atoms with Gasteiger partial charge in [0.25, 0.3) is 0 Å². The second kappa shape index (κ2) is 10.9. The first-order valence-corrected chi connectivity index (χ1v) is 9.18. The largest absolute Gasteiger partial charge is 0.394 e. The lowest BCUT2D eigenvalue weighted by molar-refractivity contribution is -0.337. The van der Waals surface area contributed by atoms with Crippen molar-refractivity contribution in [2.45, 2.75) is 69.6 Å². The number of aryl methyl sites for hydroxylation is 1. The maximum Gasteiger partial charge on any atom is 0.189 e. The van der Waals surface area contributed by atoms with E-state index in [1.54, 1.807) is 0 Å². The van der Waals surface area contributed by atoms with Crippen LogP contribution < -0.4 is 0 Å². The molecule has 0 radical (unpaired) electrons. The summed E-state index contributed by atoms with van der Waals surface area (Å²) in [5.74, 6) is 0. The van der Waals surface area contributed by atoms with Crippen LogP contribution in [-0.4, -0.2) is 70.6 Å². The van der Waals surface area contributed by atoms with Crippen LogP contribution in [0.2, 0.25) is 0 Å². The number of aliphatic hydroxyl groups is 4. The summed E-state index contributed by atoms with van der Waals surface area (Å²) in [6.07, 6.45) is -3.98. The van der Waals surface area contributed by atoms with Crippen molar-refractivity contribution in [1.29, 1.82) is 0 Å². The van der Waals surface area contributed by atoms with Crippen LogP contribution in [0.3, 0.4) is 0 Å². The standard InChI is InChI=1S/C19H30O7/c1-2-11-24-15(10-6-9-13-7-4-3-5-8-13)26-19-18(23)17(22)16(21)14(12-20)25-19/h3-5,7-8,14-23H,2,6,9-12H2,1H3/t14-,15?,16-,17+,18-,19+/m0/s1. The van der Waals surface area contributed by atoms with Crippen molar-refractivity contribution in [2.75, 3.05) is 13.2 Å². The zero-order valence-electron chi connectivity index (χ0n) is 15.1. The molecule has 0 aromatic heterocycles. The first kappa shape index (κ1) is 21.2. The van der Waals surface area contributed by atoms with Crippen LogP contribution in [-0.2, 0) is 20.6 Å². The summed E-state index contributed by atoms with van der Waals surface area (Å²) in [5, 5.41) is 39.1. The Bertz CT molecular complexity index is 496. The SMILES string of the molecule is CCCOC(CCCc1ccccc1)O[C@H]1O[C@@H](CO)[C@H](O)[C@@H](O)[C@@H]1O. The molecule has 0 aliphatic carbocycles. The highest BCUT2D eigenvalue weighted by Crippen LogP contribution is 2.24. The van der Waals surface area contributed by atoms with E-state index in [0.717, 1.165) is 19.3 Å². The first-order chi connectivity index (χ1) is 12.6. The van der Waals surface area contributed by atoms with E-state index < -0.39 is 43.6 Å². The number of benzene rings is 1. The molecule has 0 saturated carbocycles. The Morgan fingerprint density at radius 1 is 1.08 bits per heavy atom. The molecular weight excluding hydrogens is 340 g/mol. The summed E-state index contributed by atoms with van der Waals surface area (Å²) < 4.78 is 16.8. The second-order valence-corrected chi connectivity index (χ2v) is 6.51. The van der Waals surface area contributed by atoms with E-state index in [1.165, 1.54) is 5.56 Å². The van der Waals surface area contributed by atoms with Gasteiger partial charge >= 0.3 is 0 Å². The van der Waals surface area contributed by atoms with Gasteiger partial charge in [0.05, 0.1) is 6.61 Å². The Labute approximate surface area is 154 Å². The molecule has 0 spiro atoms. The fraction of sp³-hybridized carbons (Fsp3) is 0.684. The molecule has 0 amide bonds. The van der Waals surface area contributed by atoms with Gasteiger partial charge in [-0.15, -0.1) is 0 Å². The molecule has 26 heavy (non-hydrogen) atoms. The van der Waals surface area contributed by atoms with Gasteiger partial charge in [-0.3, -0.25) is 0 Å². The third kappa shape index (κ3) is 5.99. The van der Waals surface area contributed by atoms with Gasteiger partial charge in [-0.25, -0.2) is 0 Å². The van der Waals surface area contributed by atoms with Crippen molar-refractivity contribution in [3.8, 4) is 0 Å². The van der Waals surface area contributed by atoms with Gasteiger partial charge in [-0.05, 0) is 31.2 Å². The molecule has 1 aromatic carbocycles. The summed E-state index contributed by atoms with van der Waals surface area (Å²) in [5.41, 5.74) is 1.22. The van der Waals surface area contributed by atoms with Gasteiger partial charge < -0.3 is 34.6 Å². The lowest BCUT2D eigenvalue weighted by atomic mass is 9.99. The normalized spacial score (nSPS) is 30.3. The highest BCUT2D eigenvalue weighted by atomic mass is 16.8. The predicted octanol–water partition coefficient (Wildman–Crippen LogP) is 0.578. The Hall–Kier alpha value is -1.06. The van der Waals surface area contributed by atoms with Crippen molar-refractivity contribution in [3.63, 3.8) is 0 Å². The minimum atomic E-state index is -1.46. The molecule has 1 aliphatic heterocycles. The Balaban J connectivity index is 1.90. The van der Waals surface area contributed by atoms with Gasteiger partial charge in [0.1, 0.15) is 24.4 Å². The Morgan fingerprint density at radius 2 is 1.81 bits per heavy atom. The van der Waals surface area contributed by atoms with Gasteiger partial charge in [-0.2, -0.15) is 0 Å². The van der Waals surface area contributed by atoms with Crippen LogP contribution in [0.25, 0.3) is 0 Å². The number of hydrogen-bond donors (Lipinski definition) is 4. The van der Waals surface area contributed by atoms with E-state index in [1.807, 2.05) is 25.1 Å². The number of rotatable bonds is 10. The van der Waals surface area contributed by atoms with Crippen molar-refractivity contribution in [2.24, 2.45) is 0 Å². The van der Waals surface area contributed by atoms with Crippen LogP contribution in [0.5, 0.6) is 0 Å². The summed E-state index contributed by atoms with van der Waals surface area (Å²) in [4.78, 5) is 0. The van der Waals surface area contributed by atoms with Crippen LogP contribution in [0.4, 0.5) is 0 Å². The van der Waals surface area contributed by atoms with Gasteiger partial charge in [0, 0.05) is 6.61 Å². The summed E-state index contributed by atoms with van der Waals surface area (Å²) in [7, 11) is 0. The third-order valence-electron chi connectivity index (χ3n) is 4.39. The molecule has 1 heterocycles. The molecule has 1 aliphatic rings. The van der Waals surface area contributed by atoms with Crippen LogP contribution in [0, 0.1) is 0 Å². The minimum absolute atomic E-state index is 0.487. The summed E-state index contributed by atoms with van der Waals surface area (Å²) in [6, 6.07) is 10.1. The van der Waals surface area contributed by atoms with Crippen LogP contribution in [0.1, 0.15) is 31.7 Å². The maximum atomic E-state index is 10.1. The highest BCUT2D eigenvalue weighted by molar-refractivity contribution is 5.14. The molecular formula is C19H30O7. The Morgan fingerprint density at radius 3 is 2.46 bits per heavy atom. The molecule has 1 aromatic rings. The van der Waals surface area contributed by atoms with Gasteiger partial charge in [0.2, 0.25) is 0 Å². The van der Waals surface area contributed by atoms with Crippen LogP contribution >= 0.6 is 0 Å².